The largest absolute Gasteiger partial charge is 0.387 e. The highest BCUT2D eigenvalue weighted by Crippen LogP contribution is 2.19. The van der Waals surface area contributed by atoms with Gasteiger partial charge < -0.3 is 10.4 Å². The average molecular weight is 338 g/mol. The van der Waals surface area contributed by atoms with Crippen LogP contribution in [-0.4, -0.2) is 11.7 Å². The molecule has 0 heterocycles. The Morgan fingerprint density at radius 2 is 1.85 bits per heavy atom. The van der Waals surface area contributed by atoms with E-state index >= 15 is 0 Å². The summed E-state index contributed by atoms with van der Waals surface area (Å²) >= 11 is 3.44. The van der Waals surface area contributed by atoms with Crippen molar-refractivity contribution >= 4 is 15.9 Å². The van der Waals surface area contributed by atoms with Gasteiger partial charge in [0.15, 0.2) is 0 Å². The zero-order valence-corrected chi connectivity index (χ0v) is 12.8. The predicted molar refractivity (Wildman–Crippen MR) is 81.9 cm³/mol. The number of hydrogen-bond donors (Lipinski definition) is 2. The minimum Gasteiger partial charge on any atom is -0.387 e. The van der Waals surface area contributed by atoms with E-state index in [1.54, 1.807) is 12.1 Å². The molecule has 0 amide bonds. The molecule has 2 rings (SSSR count). The molecule has 0 fully saturated rings. The molecule has 2 aromatic rings. The van der Waals surface area contributed by atoms with Crippen molar-refractivity contribution in [1.29, 1.82) is 0 Å². The molecule has 2 atom stereocenters. The Morgan fingerprint density at radius 1 is 1.15 bits per heavy atom. The fraction of sp³-hybridized carbons (Fsp3) is 0.250. The summed E-state index contributed by atoms with van der Waals surface area (Å²) in [6, 6.07) is 14.2. The van der Waals surface area contributed by atoms with E-state index in [-0.39, 0.29) is 11.9 Å². The van der Waals surface area contributed by atoms with Crippen molar-refractivity contribution in [3.8, 4) is 0 Å². The molecule has 0 saturated carbocycles. The fourth-order valence-corrected chi connectivity index (χ4v) is 2.43. The van der Waals surface area contributed by atoms with Gasteiger partial charge >= 0.3 is 0 Å². The normalized spacial score (nSPS) is 14.0. The van der Waals surface area contributed by atoms with Gasteiger partial charge in [-0.1, -0.05) is 40.2 Å². The van der Waals surface area contributed by atoms with E-state index in [1.807, 2.05) is 31.2 Å². The van der Waals surface area contributed by atoms with Gasteiger partial charge in [-0.3, -0.25) is 0 Å². The fourth-order valence-electron chi connectivity index (χ4n) is 2.01. The summed E-state index contributed by atoms with van der Waals surface area (Å²) in [5, 5.41) is 13.3. The highest BCUT2D eigenvalue weighted by Gasteiger charge is 2.11. The summed E-state index contributed by atoms with van der Waals surface area (Å²) in [5.74, 6) is -0.332. The third kappa shape index (κ3) is 4.13. The number of nitrogens with one attached hydrogen (secondary N) is 1. The quantitative estimate of drug-likeness (QED) is 0.865. The van der Waals surface area contributed by atoms with E-state index in [0.29, 0.717) is 12.1 Å². The molecule has 2 aromatic carbocycles. The van der Waals surface area contributed by atoms with Crippen LogP contribution in [0.1, 0.15) is 30.2 Å². The van der Waals surface area contributed by atoms with Gasteiger partial charge in [0.05, 0.1) is 6.10 Å². The van der Waals surface area contributed by atoms with Crippen LogP contribution in [0.2, 0.25) is 0 Å². The molecule has 0 aliphatic rings. The van der Waals surface area contributed by atoms with Crippen LogP contribution < -0.4 is 5.32 Å². The van der Waals surface area contributed by atoms with Crippen LogP contribution in [0.4, 0.5) is 4.39 Å². The maximum atomic E-state index is 13.1. The second-order valence-corrected chi connectivity index (χ2v) is 5.67. The average Bonchev–Trinajstić information content (AvgIpc) is 2.44. The molecule has 0 aliphatic heterocycles. The van der Waals surface area contributed by atoms with Crippen LogP contribution >= 0.6 is 15.9 Å². The van der Waals surface area contributed by atoms with Crippen LogP contribution in [0.3, 0.4) is 0 Å². The SMILES string of the molecule is C[C@@H](NCC(O)c1cccc(F)c1)c1cccc(Br)c1. The zero-order chi connectivity index (χ0) is 14.5. The Kier molecular flexibility index (Phi) is 5.29. The third-order valence-corrected chi connectivity index (χ3v) is 3.69. The van der Waals surface area contributed by atoms with Gasteiger partial charge in [-0.25, -0.2) is 4.39 Å². The predicted octanol–water partition coefficient (Wildman–Crippen LogP) is 3.97. The molecule has 0 aromatic heterocycles. The Bertz CT molecular complexity index is 524. The first kappa shape index (κ1) is 15.2. The summed E-state index contributed by atoms with van der Waals surface area (Å²) in [7, 11) is 0. The van der Waals surface area contributed by atoms with E-state index in [4.69, 9.17) is 0 Å². The van der Waals surface area contributed by atoms with Crippen molar-refractivity contribution in [2.45, 2.75) is 19.1 Å². The Morgan fingerprint density at radius 3 is 2.55 bits per heavy atom. The molecule has 0 spiro atoms. The lowest BCUT2D eigenvalue weighted by Gasteiger charge is -2.18. The van der Waals surface area contributed by atoms with Crippen LogP contribution in [-0.2, 0) is 0 Å². The minimum absolute atomic E-state index is 0.107. The van der Waals surface area contributed by atoms with Crippen LogP contribution in [0.15, 0.2) is 53.0 Å². The lowest BCUT2D eigenvalue weighted by atomic mass is 10.1. The first-order chi connectivity index (χ1) is 9.56. The lowest BCUT2D eigenvalue weighted by Crippen LogP contribution is -2.24. The summed E-state index contributed by atoms with van der Waals surface area (Å²) in [4.78, 5) is 0. The Labute approximate surface area is 126 Å². The number of aliphatic hydroxyl groups excluding tert-OH is 1. The highest BCUT2D eigenvalue weighted by molar-refractivity contribution is 9.10. The molecule has 4 heteroatoms. The zero-order valence-electron chi connectivity index (χ0n) is 11.2. The van der Waals surface area contributed by atoms with Gasteiger partial charge in [-0.05, 0) is 42.3 Å². The lowest BCUT2D eigenvalue weighted by molar-refractivity contribution is 0.170. The van der Waals surface area contributed by atoms with Gasteiger partial charge in [-0.2, -0.15) is 0 Å². The second kappa shape index (κ2) is 6.97. The molecule has 0 bridgehead atoms. The summed E-state index contributed by atoms with van der Waals surface area (Å²) in [6.07, 6.45) is -0.722. The van der Waals surface area contributed by atoms with Gasteiger partial charge in [0.1, 0.15) is 5.82 Å². The second-order valence-electron chi connectivity index (χ2n) is 4.76. The van der Waals surface area contributed by atoms with Crippen LogP contribution in [0.25, 0.3) is 0 Å². The third-order valence-electron chi connectivity index (χ3n) is 3.20. The molecule has 20 heavy (non-hydrogen) atoms. The minimum atomic E-state index is -0.722. The molecule has 2 N–H and O–H groups in total. The Balaban J connectivity index is 1.94. The summed E-state index contributed by atoms with van der Waals surface area (Å²) in [6.45, 7) is 2.40. The van der Waals surface area contributed by atoms with Crippen molar-refractivity contribution in [3.05, 3.63) is 69.9 Å². The molecule has 0 aliphatic carbocycles. The van der Waals surface area contributed by atoms with Crippen molar-refractivity contribution < 1.29 is 9.50 Å². The number of halogens is 2. The first-order valence-electron chi connectivity index (χ1n) is 6.48. The molecule has 1 unspecified atom stereocenters. The van der Waals surface area contributed by atoms with Crippen molar-refractivity contribution in [2.75, 3.05) is 6.54 Å². The van der Waals surface area contributed by atoms with Crippen LogP contribution in [0.5, 0.6) is 0 Å². The molecule has 106 valence electrons. The number of hydrogen-bond acceptors (Lipinski definition) is 2. The van der Waals surface area contributed by atoms with Crippen molar-refractivity contribution in [3.63, 3.8) is 0 Å². The van der Waals surface area contributed by atoms with E-state index in [2.05, 4.69) is 21.2 Å². The highest BCUT2D eigenvalue weighted by atomic mass is 79.9. The molecule has 0 saturated heterocycles. The molecular weight excluding hydrogens is 321 g/mol. The van der Waals surface area contributed by atoms with E-state index in [1.165, 1.54) is 12.1 Å². The molecular formula is C16H17BrFNO. The molecule has 0 radical (unpaired) electrons. The maximum absolute atomic E-state index is 13.1. The van der Waals surface area contributed by atoms with Crippen molar-refractivity contribution in [2.24, 2.45) is 0 Å². The number of benzene rings is 2. The van der Waals surface area contributed by atoms with Gasteiger partial charge in [0.25, 0.3) is 0 Å². The number of aliphatic hydroxyl groups is 1. The topological polar surface area (TPSA) is 32.3 Å². The van der Waals surface area contributed by atoms with Crippen LogP contribution in [0, 0.1) is 5.82 Å². The maximum Gasteiger partial charge on any atom is 0.123 e. The first-order valence-corrected chi connectivity index (χ1v) is 7.28. The Hall–Kier alpha value is -1.23. The van der Waals surface area contributed by atoms with Crippen molar-refractivity contribution in [1.82, 2.24) is 5.32 Å². The number of rotatable bonds is 5. The van der Waals surface area contributed by atoms with Gasteiger partial charge in [0, 0.05) is 17.1 Å². The monoisotopic (exact) mass is 337 g/mol. The van der Waals surface area contributed by atoms with E-state index < -0.39 is 6.10 Å². The van der Waals surface area contributed by atoms with E-state index in [0.717, 1.165) is 10.0 Å². The molecule has 2 nitrogen and oxygen atoms in total. The van der Waals surface area contributed by atoms with E-state index in [9.17, 15) is 9.50 Å². The summed E-state index contributed by atoms with van der Waals surface area (Å²) in [5.41, 5.74) is 1.71. The van der Waals surface area contributed by atoms with Gasteiger partial charge in [-0.15, -0.1) is 0 Å². The standard InChI is InChI=1S/C16H17BrFNO/c1-11(12-4-2-6-14(17)8-12)19-10-16(20)13-5-3-7-15(18)9-13/h2-9,11,16,19-20H,10H2,1H3/t11-,16?/m1/s1. The smallest absolute Gasteiger partial charge is 0.123 e. The van der Waals surface area contributed by atoms with Gasteiger partial charge in [0.2, 0.25) is 0 Å². The summed E-state index contributed by atoms with van der Waals surface area (Å²) < 4.78 is 14.1.